The van der Waals surface area contributed by atoms with Crippen molar-refractivity contribution in [2.45, 2.75) is 70.3 Å². The van der Waals surface area contributed by atoms with Crippen molar-refractivity contribution in [2.75, 3.05) is 73.7 Å². The Bertz CT molecular complexity index is 1090. The van der Waals surface area contributed by atoms with Gasteiger partial charge in [-0.1, -0.05) is 19.4 Å². The summed E-state index contributed by atoms with van der Waals surface area (Å²) < 4.78 is 12.0. The van der Waals surface area contributed by atoms with E-state index in [0.29, 0.717) is 57.1 Å². The summed E-state index contributed by atoms with van der Waals surface area (Å²) in [6.45, 7) is 6.64. The van der Waals surface area contributed by atoms with Crippen LogP contribution in [0.3, 0.4) is 0 Å². The Morgan fingerprint density at radius 3 is 2.55 bits per heavy atom. The molecule has 3 aliphatic rings. The number of hydrogen-bond acceptors (Lipinski definition) is 6. The first-order valence-corrected chi connectivity index (χ1v) is 15.8. The first kappa shape index (κ1) is 32.1. The van der Waals surface area contributed by atoms with Gasteiger partial charge in [0.15, 0.2) is 11.5 Å². The van der Waals surface area contributed by atoms with Gasteiger partial charge in [0.1, 0.15) is 0 Å². The number of carboxylic acids is 1. The number of aliphatic carboxylic acids is 1. The summed E-state index contributed by atoms with van der Waals surface area (Å²) in [5.74, 6) is -0.393. The van der Waals surface area contributed by atoms with Crippen LogP contribution in [0.4, 0.5) is 0 Å². The number of rotatable bonds is 15. The van der Waals surface area contributed by atoms with Crippen LogP contribution in [0.5, 0.6) is 11.5 Å². The Morgan fingerprint density at radius 2 is 1.83 bits per heavy atom. The van der Waals surface area contributed by atoms with Crippen molar-refractivity contribution in [3.63, 3.8) is 0 Å². The van der Waals surface area contributed by atoms with Crippen LogP contribution in [0, 0.1) is 5.92 Å². The van der Waals surface area contributed by atoms with Crippen molar-refractivity contribution < 1.29 is 33.4 Å². The first-order valence-electron chi connectivity index (χ1n) is 15.8. The van der Waals surface area contributed by atoms with E-state index < -0.39 is 11.9 Å². The molecule has 10 heteroatoms. The highest BCUT2D eigenvalue weighted by Gasteiger charge is 2.47. The van der Waals surface area contributed by atoms with Crippen LogP contribution in [-0.2, 0) is 14.4 Å². The number of nitrogens with zero attached hydrogens (tertiary/aromatic N) is 4. The molecule has 1 unspecified atom stereocenters. The highest BCUT2D eigenvalue weighted by Crippen LogP contribution is 2.42. The molecule has 0 spiro atoms. The lowest BCUT2D eigenvalue weighted by atomic mass is 9.84. The van der Waals surface area contributed by atoms with Gasteiger partial charge in [0.25, 0.3) is 0 Å². The van der Waals surface area contributed by atoms with Gasteiger partial charge in [-0.15, -0.1) is 0 Å². The summed E-state index contributed by atoms with van der Waals surface area (Å²) in [6.07, 6.45) is 6.90. The van der Waals surface area contributed by atoms with Gasteiger partial charge in [-0.25, -0.2) is 0 Å². The summed E-state index contributed by atoms with van der Waals surface area (Å²) in [5, 5.41) is 10.5. The summed E-state index contributed by atoms with van der Waals surface area (Å²) in [5.41, 5.74) is 0.879. The molecule has 3 atom stereocenters. The molecule has 42 heavy (non-hydrogen) atoms. The molecule has 2 fully saturated rings. The minimum absolute atomic E-state index is 0.0585. The zero-order valence-corrected chi connectivity index (χ0v) is 26.1. The van der Waals surface area contributed by atoms with Crippen molar-refractivity contribution in [3.8, 4) is 11.5 Å². The number of piperidine rings is 1. The van der Waals surface area contributed by atoms with Crippen LogP contribution in [0.2, 0.25) is 0 Å². The number of likely N-dealkylation sites (tertiary alicyclic amines) is 2. The van der Waals surface area contributed by atoms with Crippen molar-refractivity contribution in [1.82, 2.24) is 14.7 Å². The van der Waals surface area contributed by atoms with E-state index in [0.717, 1.165) is 55.1 Å². The van der Waals surface area contributed by atoms with Crippen molar-refractivity contribution >= 4 is 17.8 Å². The molecule has 4 rings (SSSR count). The Hall–Kier alpha value is -2.85. The van der Waals surface area contributed by atoms with Crippen LogP contribution >= 0.6 is 0 Å². The Labute approximate surface area is 251 Å². The second kappa shape index (κ2) is 14.6. The Balaban J connectivity index is 1.53. The SMILES string of the molecule is CCCCN(CCCC[N+](C)(C)C)C(=O)CN1C[C@H](c2ccc3c(c2)OCO3)C(C(=O)O)[C@@H]1CCN1CCCCC1=O. The zero-order chi connectivity index (χ0) is 30.3. The summed E-state index contributed by atoms with van der Waals surface area (Å²) in [6, 6.07) is 5.30. The normalized spacial score (nSPS) is 22.5. The Kier molecular flexibility index (Phi) is 11.1. The number of fused-ring (bicyclic) bond motifs is 1. The average molecular weight is 588 g/mol. The lowest BCUT2D eigenvalue weighted by molar-refractivity contribution is -0.870. The first-order chi connectivity index (χ1) is 20.1. The van der Waals surface area contributed by atoms with Gasteiger partial charge in [-0.05, 0) is 56.2 Å². The molecule has 2 amide bonds. The lowest BCUT2D eigenvalue weighted by Gasteiger charge is -2.32. The second-order valence-corrected chi connectivity index (χ2v) is 13.2. The number of quaternary nitrogens is 1. The van der Waals surface area contributed by atoms with Gasteiger partial charge in [-0.2, -0.15) is 0 Å². The highest BCUT2D eigenvalue weighted by atomic mass is 16.7. The number of ether oxygens (including phenoxy) is 2. The van der Waals surface area contributed by atoms with E-state index in [9.17, 15) is 19.5 Å². The third kappa shape index (κ3) is 8.37. The minimum atomic E-state index is -0.870. The smallest absolute Gasteiger partial charge is 0.308 e. The van der Waals surface area contributed by atoms with E-state index in [2.05, 4.69) is 33.0 Å². The number of benzene rings is 1. The van der Waals surface area contributed by atoms with Gasteiger partial charge in [-0.3, -0.25) is 19.3 Å². The molecule has 0 aromatic heterocycles. The molecular formula is C32H51N4O6+. The summed E-state index contributed by atoms with van der Waals surface area (Å²) in [7, 11) is 6.54. The van der Waals surface area contributed by atoms with Gasteiger partial charge in [0.05, 0.1) is 40.2 Å². The van der Waals surface area contributed by atoms with Crippen molar-refractivity contribution in [2.24, 2.45) is 5.92 Å². The maximum atomic E-state index is 13.8. The van der Waals surface area contributed by atoms with Gasteiger partial charge in [0.2, 0.25) is 18.6 Å². The molecule has 1 aromatic carbocycles. The highest BCUT2D eigenvalue weighted by molar-refractivity contribution is 5.79. The molecule has 0 radical (unpaired) electrons. The maximum absolute atomic E-state index is 13.8. The van der Waals surface area contributed by atoms with Crippen LogP contribution in [-0.4, -0.2) is 122 Å². The van der Waals surface area contributed by atoms with Gasteiger partial charge >= 0.3 is 5.97 Å². The fourth-order valence-electron chi connectivity index (χ4n) is 6.59. The quantitative estimate of drug-likeness (QED) is 0.248. The molecule has 1 aromatic rings. The summed E-state index contributed by atoms with van der Waals surface area (Å²) >= 11 is 0. The summed E-state index contributed by atoms with van der Waals surface area (Å²) in [4.78, 5) is 45.1. The second-order valence-electron chi connectivity index (χ2n) is 13.2. The topological polar surface area (TPSA) is 99.6 Å². The van der Waals surface area contributed by atoms with E-state index in [-0.39, 0.29) is 37.1 Å². The number of carbonyl (C=O) groups is 3. The number of carbonyl (C=O) groups excluding carboxylic acids is 2. The third-order valence-electron chi connectivity index (χ3n) is 8.95. The fraction of sp³-hybridized carbons (Fsp3) is 0.719. The molecule has 0 saturated carbocycles. The molecule has 234 valence electrons. The van der Waals surface area contributed by atoms with Crippen LogP contribution in [0.1, 0.15) is 69.8 Å². The van der Waals surface area contributed by atoms with E-state index in [1.807, 2.05) is 28.0 Å². The molecule has 0 bridgehead atoms. The average Bonchev–Trinajstić information content (AvgIpc) is 3.55. The van der Waals surface area contributed by atoms with Crippen molar-refractivity contribution in [3.05, 3.63) is 23.8 Å². The van der Waals surface area contributed by atoms with Gasteiger partial charge in [0, 0.05) is 51.1 Å². The maximum Gasteiger partial charge on any atom is 0.308 e. The number of unbranched alkanes of at least 4 members (excludes halogenated alkanes) is 2. The third-order valence-corrected chi connectivity index (χ3v) is 8.95. The standard InChI is InChI=1S/C32H50N4O6/c1-5-6-15-33(17-9-10-19-36(2,3)4)30(38)22-35-21-25(24-12-13-27-28(20-24)42-23-41-27)31(32(39)40)26(35)14-18-34-16-8-7-11-29(34)37/h12-13,20,25-26,31H,5-11,14-19,21-23H2,1-4H3/p+1/t25-,26+,31?/m1/s1. The predicted octanol–water partition coefficient (Wildman–Crippen LogP) is 3.40. The van der Waals surface area contributed by atoms with E-state index in [4.69, 9.17) is 9.47 Å². The number of carboxylic acid groups (broad SMARTS) is 1. The zero-order valence-electron chi connectivity index (χ0n) is 26.1. The minimum Gasteiger partial charge on any atom is -0.481 e. The molecular weight excluding hydrogens is 536 g/mol. The number of hydrogen-bond donors (Lipinski definition) is 1. The molecule has 3 heterocycles. The van der Waals surface area contributed by atoms with Gasteiger partial charge < -0.3 is 28.9 Å². The van der Waals surface area contributed by atoms with Crippen LogP contribution in [0.15, 0.2) is 18.2 Å². The van der Waals surface area contributed by atoms with Crippen LogP contribution < -0.4 is 9.47 Å². The molecule has 0 aliphatic carbocycles. The van der Waals surface area contributed by atoms with E-state index in [1.165, 1.54) is 0 Å². The predicted molar refractivity (Wildman–Crippen MR) is 160 cm³/mol. The van der Waals surface area contributed by atoms with E-state index >= 15 is 0 Å². The Morgan fingerprint density at radius 1 is 1.07 bits per heavy atom. The number of amides is 2. The van der Waals surface area contributed by atoms with Crippen LogP contribution in [0.25, 0.3) is 0 Å². The largest absolute Gasteiger partial charge is 0.481 e. The molecule has 10 nitrogen and oxygen atoms in total. The van der Waals surface area contributed by atoms with E-state index in [1.54, 1.807) is 0 Å². The molecule has 2 saturated heterocycles. The fourth-order valence-corrected chi connectivity index (χ4v) is 6.59. The van der Waals surface area contributed by atoms with Crippen molar-refractivity contribution in [1.29, 1.82) is 0 Å². The lowest BCUT2D eigenvalue weighted by Crippen LogP contribution is -2.46. The monoisotopic (exact) mass is 587 g/mol. The molecule has 3 aliphatic heterocycles. The molecule has 1 N–H and O–H groups in total.